The summed E-state index contributed by atoms with van der Waals surface area (Å²) >= 11 is 0. The van der Waals surface area contributed by atoms with Crippen LogP contribution in [0.4, 0.5) is 0 Å². The van der Waals surface area contributed by atoms with Crippen molar-refractivity contribution in [1.29, 1.82) is 0 Å². The molecule has 0 aromatic heterocycles. The van der Waals surface area contributed by atoms with Gasteiger partial charge >= 0.3 is 0 Å². The standard InChI is InChI=1S/C20H40.C4H10.2C2H6.9CH4.21Ar/c1-5-8-9-12-18(6-2)16-15-17(4)20-14-11-10-13-19(20)7-3;1-3-4-2;2*1-2;;;;;;;;;;;;;;;;;;;;;;;;;;;;;;/h17-20H,5-16H2,1-4H3;3-4H2,1-2H3;2*1-2H3;9*1H4;;;;;;;;;;;;;;;;;;;;;. The number of rotatable bonds is 11. The first-order valence-electron chi connectivity index (χ1n) is 13.6. The molecule has 1 aliphatic carbocycles. The van der Waals surface area contributed by atoms with Crippen LogP contribution in [0, 0.1) is 816 Å². The molecule has 4 unspecified atom stereocenters. The molecular formula is C37H98Ar21. The van der Waals surface area contributed by atoms with Crippen LogP contribution in [0.1, 0.15) is 226 Å². The van der Waals surface area contributed by atoms with Crippen LogP contribution in [-0.2, 0) is 0 Å². The van der Waals surface area contributed by atoms with Crippen molar-refractivity contribution >= 4 is 0 Å². The Morgan fingerprint density at radius 3 is 0.862 bits per heavy atom. The largest absolute Gasteiger partial charge is 0.0776 e. The number of unbranched alkanes of at least 4 members (excludes halogenated alkanes) is 3. The fourth-order valence-corrected chi connectivity index (χ4v) is 4.44. The van der Waals surface area contributed by atoms with Gasteiger partial charge in [-0.25, -0.2) is 0 Å². The molecule has 0 aromatic carbocycles. The van der Waals surface area contributed by atoms with Crippen molar-refractivity contribution < 1.29 is 793 Å². The molecule has 0 heterocycles. The van der Waals surface area contributed by atoms with Crippen molar-refractivity contribution in [2.45, 2.75) is 226 Å². The van der Waals surface area contributed by atoms with Crippen LogP contribution >= 0.6 is 0 Å². The molecule has 1 aliphatic rings. The summed E-state index contributed by atoms with van der Waals surface area (Å²) in [6.07, 6.45) is 20.2. The summed E-state index contributed by atoms with van der Waals surface area (Å²) in [4.78, 5) is 0. The molecule has 21 heteroatoms. The van der Waals surface area contributed by atoms with Crippen LogP contribution < -0.4 is 0 Å². The minimum absolute atomic E-state index is 0. The van der Waals surface area contributed by atoms with Gasteiger partial charge in [-0.15, -0.1) is 0 Å². The van der Waals surface area contributed by atoms with Crippen molar-refractivity contribution in [3.8, 4) is 0 Å². The molecule has 0 N–H and O–H groups in total. The molecule has 1 fully saturated rings. The molecule has 0 saturated heterocycles. The first kappa shape index (κ1) is 222. The Hall–Kier alpha value is 26.5. The van der Waals surface area contributed by atoms with E-state index in [1.807, 2.05) is 27.7 Å². The molecule has 0 nitrogen and oxygen atoms in total. The topological polar surface area (TPSA) is 0 Å². The van der Waals surface area contributed by atoms with Crippen LogP contribution in [0.3, 0.4) is 0 Å². The molecule has 0 bridgehead atoms. The van der Waals surface area contributed by atoms with Crippen LogP contribution in [-0.4, -0.2) is 0 Å². The molecule has 0 radical (unpaired) electrons. The zero-order chi connectivity index (χ0) is 22.2. The third-order valence-electron chi connectivity index (χ3n) is 6.55. The molecule has 0 spiro atoms. The minimum Gasteiger partial charge on any atom is -0.0776 e. The van der Waals surface area contributed by atoms with Gasteiger partial charge in [-0.1, -0.05) is 220 Å². The van der Waals surface area contributed by atoms with Crippen molar-refractivity contribution in [3.63, 3.8) is 0 Å². The van der Waals surface area contributed by atoms with Gasteiger partial charge in [0.15, 0.2) is 0 Å². The van der Waals surface area contributed by atoms with Gasteiger partial charge in [0.2, 0.25) is 0 Å². The fourth-order valence-electron chi connectivity index (χ4n) is 4.44. The third-order valence-corrected chi connectivity index (χ3v) is 6.55. The molecule has 0 amide bonds. The Kier molecular flexibility index (Phi) is 790. The zero-order valence-corrected chi connectivity index (χ0v) is 44.5. The van der Waals surface area contributed by atoms with Gasteiger partial charge in [0, 0.05) is 793 Å². The van der Waals surface area contributed by atoms with Gasteiger partial charge in [-0.3, -0.25) is 0 Å². The average molecular weight is 1380 g/mol. The summed E-state index contributed by atoms with van der Waals surface area (Å²) in [7, 11) is 0. The normalized spacial score (nSPS) is 9.83. The second kappa shape index (κ2) is 206. The molecule has 0 aliphatic heterocycles. The van der Waals surface area contributed by atoms with Gasteiger partial charge in [0.25, 0.3) is 0 Å². The van der Waals surface area contributed by atoms with Crippen molar-refractivity contribution in [2.24, 2.45) is 23.7 Å². The molecule has 4 atom stereocenters. The minimum atomic E-state index is 0. The first-order valence-corrected chi connectivity index (χ1v) is 13.6. The molecule has 414 valence electrons. The van der Waals surface area contributed by atoms with E-state index in [-0.39, 0.29) is 859 Å². The van der Waals surface area contributed by atoms with Gasteiger partial charge < -0.3 is 0 Å². The molecule has 58 heavy (non-hydrogen) atoms. The van der Waals surface area contributed by atoms with Gasteiger partial charge in [-0.05, 0) is 30.1 Å². The van der Waals surface area contributed by atoms with Crippen LogP contribution in [0.25, 0.3) is 0 Å². The maximum atomic E-state index is 2.55. The van der Waals surface area contributed by atoms with Gasteiger partial charge in [-0.2, -0.15) is 0 Å². The van der Waals surface area contributed by atoms with E-state index in [9.17, 15) is 0 Å². The van der Waals surface area contributed by atoms with E-state index in [2.05, 4.69) is 41.5 Å². The van der Waals surface area contributed by atoms with E-state index in [4.69, 9.17) is 0 Å². The van der Waals surface area contributed by atoms with E-state index in [1.54, 1.807) is 0 Å². The second-order valence-electron chi connectivity index (χ2n) is 8.44. The van der Waals surface area contributed by atoms with E-state index in [1.165, 1.54) is 89.9 Å². The van der Waals surface area contributed by atoms with Crippen LogP contribution in [0.15, 0.2) is 0 Å². The maximum Gasteiger partial charge on any atom is 0 e. The Morgan fingerprint density at radius 1 is 0.362 bits per heavy atom. The van der Waals surface area contributed by atoms with E-state index < -0.39 is 0 Å². The van der Waals surface area contributed by atoms with Gasteiger partial charge in [0.05, 0.1) is 0 Å². The third kappa shape index (κ3) is 172. The summed E-state index contributed by atoms with van der Waals surface area (Å²) in [6, 6.07) is 0. The number of hydrogen-bond acceptors (Lipinski definition) is 0. The van der Waals surface area contributed by atoms with E-state index in [0.717, 1.165) is 23.7 Å². The predicted octanol–water partition coefficient (Wildman–Crippen LogP) is 16.8. The van der Waals surface area contributed by atoms with E-state index in [0.29, 0.717) is 0 Å². The predicted molar refractivity (Wildman–Crippen MR) is 196 cm³/mol. The first-order chi connectivity index (χ1) is 13.6. The van der Waals surface area contributed by atoms with Crippen molar-refractivity contribution in [2.75, 3.05) is 0 Å². The average Bonchev–Trinajstić information content (AvgIpc) is 2.78. The Morgan fingerprint density at radius 2 is 0.638 bits per heavy atom. The maximum absolute atomic E-state index is 2.55. The molecule has 1 saturated carbocycles. The summed E-state index contributed by atoms with van der Waals surface area (Å²) in [5.74, 6) is 4.06. The summed E-state index contributed by atoms with van der Waals surface area (Å²) < 4.78 is 0. The smallest absolute Gasteiger partial charge is 0 e. The quantitative estimate of drug-likeness (QED) is 0.181. The summed E-state index contributed by atoms with van der Waals surface area (Å²) in [5.41, 5.74) is 0. The van der Waals surface area contributed by atoms with Crippen LogP contribution in [0.5, 0.6) is 0 Å². The molecule has 0 aromatic rings. The zero-order valence-electron chi connectivity index (χ0n) is 29.6. The molecular weight excluding hydrogens is 1280 g/mol. The van der Waals surface area contributed by atoms with E-state index >= 15 is 0 Å². The molecule has 1 rings (SSSR count). The fraction of sp³-hybridized carbons (Fsp3) is 1.00. The summed E-state index contributed by atoms with van der Waals surface area (Å²) in [5, 5.41) is 0. The Bertz CT molecular complexity index is 297. The summed E-state index contributed by atoms with van der Waals surface area (Å²) in [6.45, 7) is 22.0. The Labute approximate surface area is 1010 Å². The Balaban J connectivity index is -0.00000000498. The van der Waals surface area contributed by atoms with Crippen LogP contribution in [0.2, 0.25) is 0 Å². The SMILES string of the molecule is C.C.C.C.C.C.C.C.C.CC.CC.CCCC.CCCCCC(CC)CCC(C)C1CCCCC1CC.[Ar].[Ar].[Ar].[Ar].[Ar].[Ar].[Ar].[Ar].[Ar].[Ar].[Ar].[Ar].[Ar].[Ar].[Ar].[Ar].[Ar].[Ar].[Ar].[Ar].[Ar]. The van der Waals surface area contributed by atoms with Crippen molar-refractivity contribution in [1.82, 2.24) is 0 Å². The number of hydrogen-bond donors (Lipinski definition) is 0. The second-order valence-corrected chi connectivity index (χ2v) is 8.44. The van der Waals surface area contributed by atoms with Crippen molar-refractivity contribution in [3.05, 3.63) is 0 Å². The van der Waals surface area contributed by atoms with Gasteiger partial charge in [0.1, 0.15) is 0 Å². The monoisotopic (exact) mass is 1380 g/mol.